The van der Waals surface area contributed by atoms with Crippen LogP contribution in [-0.4, -0.2) is 48.1 Å². The smallest absolute Gasteiger partial charge is 0.256 e. The van der Waals surface area contributed by atoms with Gasteiger partial charge in [0.1, 0.15) is 16.5 Å². The van der Waals surface area contributed by atoms with E-state index in [2.05, 4.69) is 16.5 Å². The van der Waals surface area contributed by atoms with Crippen molar-refractivity contribution in [1.82, 2.24) is 14.1 Å². The molecule has 1 aliphatic heterocycles. The number of methoxy groups -OCH3 is 1. The van der Waals surface area contributed by atoms with Crippen molar-refractivity contribution in [1.29, 1.82) is 0 Å². The Balaban J connectivity index is 1.68. The van der Waals surface area contributed by atoms with Gasteiger partial charge in [0.25, 0.3) is 5.91 Å². The number of rotatable bonds is 6. The zero-order valence-corrected chi connectivity index (χ0v) is 21.6. The first-order chi connectivity index (χ1) is 16.6. The van der Waals surface area contributed by atoms with Crippen LogP contribution in [0.1, 0.15) is 53.4 Å². The Hall–Kier alpha value is -3.17. The van der Waals surface area contributed by atoms with Crippen LogP contribution in [0, 0.1) is 20.8 Å². The van der Waals surface area contributed by atoms with Crippen LogP contribution in [0.25, 0.3) is 5.69 Å². The molecule has 1 saturated heterocycles. The summed E-state index contributed by atoms with van der Waals surface area (Å²) in [5.74, 6) is 0.291. The van der Waals surface area contributed by atoms with Gasteiger partial charge in [0.2, 0.25) is 10.0 Å². The molecule has 186 valence electrons. The minimum atomic E-state index is -3.83. The fourth-order valence-electron chi connectivity index (χ4n) is 4.62. The summed E-state index contributed by atoms with van der Waals surface area (Å²) in [6, 6.07) is 12.2. The lowest BCUT2D eigenvalue weighted by Gasteiger charge is -2.32. The number of ether oxygens (including phenoxy) is 1. The van der Waals surface area contributed by atoms with Gasteiger partial charge in [0, 0.05) is 24.2 Å². The number of hydrogen-bond donors (Lipinski definition) is 1. The highest BCUT2D eigenvalue weighted by molar-refractivity contribution is 7.89. The Bertz CT molecular complexity index is 1340. The first-order valence-electron chi connectivity index (χ1n) is 11.8. The summed E-state index contributed by atoms with van der Waals surface area (Å²) in [6.45, 7) is 8.24. The molecule has 1 aliphatic rings. The summed E-state index contributed by atoms with van der Waals surface area (Å²) in [5, 5.41) is 7.44. The van der Waals surface area contributed by atoms with Gasteiger partial charge in [-0.15, -0.1) is 0 Å². The predicted molar refractivity (Wildman–Crippen MR) is 136 cm³/mol. The zero-order valence-electron chi connectivity index (χ0n) is 20.8. The van der Waals surface area contributed by atoms with Crippen LogP contribution in [0.4, 0.5) is 5.82 Å². The molecule has 0 saturated carbocycles. The van der Waals surface area contributed by atoms with E-state index in [1.807, 2.05) is 39.8 Å². The number of nitrogens with zero attached hydrogens (tertiary/aromatic N) is 3. The molecule has 2 aromatic carbocycles. The maximum atomic E-state index is 13.5. The van der Waals surface area contributed by atoms with Crippen LogP contribution in [0.3, 0.4) is 0 Å². The van der Waals surface area contributed by atoms with Crippen molar-refractivity contribution in [3.05, 3.63) is 64.8 Å². The first kappa shape index (κ1) is 24.9. The van der Waals surface area contributed by atoms with Gasteiger partial charge in [-0.1, -0.05) is 12.5 Å². The van der Waals surface area contributed by atoms with E-state index in [0.29, 0.717) is 12.4 Å². The number of benzene rings is 2. The van der Waals surface area contributed by atoms with Crippen molar-refractivity contribution in [2.24, 2.45) is 0 Å². The van der Waals surface area contributed by atoms with Crippen molar-refractivity contribution < 1.29 is 17.9 Å². The Labute approximate surface area is 207 Å². The van der Waals surface area contributed by atoms with Crippen LogP contribution < -0.4 is 10.1 Å². The van der Waals surface area contributed by atoms with Crippen LogP contribution in [0.2, 0.25) is 0 Å². The number of piperidine rings is 1. The molecule has 4 rings (SSSR count). The van der Waals surface area contributed by atoms with E-state index in [1.165, 1.54) is 23.5 Å². The van der Waals surface area contributed by atoms with Gasteiger partial charge >= 0.3 is 0 Å². The van der Waals surface area contributed by atoms with Crippen molar-refractivity contribution in [3.8, 4) is 11.4 Å². The lowest BCUT2D eigenvalue weighted by atomic mass is 10.1. The number of carbonyl (C=O) groups is 1. The summed E-state index contributed by atoms with van der Waals surface area (Å²) in [4.78, 5) is 13.3. The molecule has 2 heterocycles. The number of hydrogen-bond acceptors (Lipinski definition) is 5. The third-order valence-electron chi connectivity index (χ3n) is 6.28. The molecule has 1 N–H and O–H groups in total. The standard InChI is InChI=1S/C26H32N4O4S/c1-17-12-18(2)14-22(13-17)30-25(15-19(3)28-30)27-26(31)21-9-10-23(34-5)24(16-21)35(32,33)29-11-7-6-8-20(29)4/h9-10,12-16,20H,6-8,11H2,1-5H3,(H,27,31). The highest BCUT2D eigenvalue weighted by Gasteiger charge is 2.33. The molecule has 1 atom stereocenters. The van der Waals surface area contributed by atoms with E-state index in [4.69, 9.17) is 4.74 Å². The summed E-state index contributed by atoms with van der Waals surface area (Å²) >= 11 is 0. The molecular weight excluding hydrogens is 464 g/mol. The number of aryl methyl sites for hydroxylation is 3. The van der Waals surface area contributed by atoms with Gasteiger partial charge < -0.3 is 10.1 Å². The second-order valence-electron chi connectivity index (χ2n) is 9.21. The van der Waals surface area contributed by atoms with Crippen molar-refractivity contribution in [2.75, 3.05) is 19.0 Å². The molecule has 8 nitrogen and oxygen atoms in total. The van der Waals surface area contributed by atoms with Gasteiger partial charge in [0.05, 0.1) is 18.5 Å². The number of carbonyl (C=O) groups excluding carboxylic acids is 1. The minimum Gasteiger partial charge on any atom is -0.495 e. The van der Waals surface area contributed by atoms with Crippen molar-refractivity contribution in [3.63, 3.8) is 0 Å². The lowest BCUT2D eigenvalue weighted by molar-refractivity contribution is 0.102. The highest BCUT2D eigenvalue weighted by atomic mass is 32.2. The van der Waals surface area contributed by atoms with E-state index in [9.17, 15) is 13.2 Å². The second kappa shape index (κ2) is 9.83. The number of sulfonamides is 1. The first-order valence-corrected chi connectivity index (χ1v) is 13.2. The third-order valence-corrected chi connectivity index (χ3v) is 8.31. The Morgan fingerprint density at radius 1 is 1.06 bits per heavy atom. The average Bonchev–Trinajstić information content (AvgIpc) is 3.18. The summed E-state index contributed by atoms with van der Waals surface area (Å²) < 4.78 is 35.6. The number of aromatic nitrogens is 2. The quantitative estimate of drug-likeness (QED) is 0.537. The summed E-state index contributed by atoms with van der Waals surface area (Å²) in [7, 11) is -2.40. The summed E-state index contributed by atoms with van der Waals surface area (Å²) in [6.07, 6.45) is 2.62. The fraction of sp³-hybridized carbons (Fsp3) is 0.385. The molecule has 3 aromatic rings. The van der Waals surface area contributed by atoms with Crippen molar-refractivity contribution in [2.45, 2.75) is 57.9 Å². The van der Waals surface area contributed by atoms with E-state index in [-0.39, 0.29) is 22.3 Å². The van der Waals surface area contributed by atoms with Gasteiger partial charge in [-0.2, -0.15) is 9.40 Å². The number of anilines is 1. The van der Waals surface area contributed by atoms with Gasteiger partial charge in [-0.3, -0.25) is 4.79 Å². The molecule has 0 bridgehead atoms. The Morgan fingerprint density at radius 2 is 1.77 bits per heavy atom. The maximum Gasteiger partial charge on any atom is 0.256 e. The monoisotopic (exact) mass is 496 g/mol. The number of nitrogens with one attached hydrogen (secondary N) is 1. The minimum absolute atomic E-state index is 0.000368. The molecule has 0 spiro atoms. The van der Waals surface area contributed by atoms with E-state index < -0.39 is 15.9 Å². The molecule has 1 unspecified atom stereocenters. The average molecular weight is 497 g/mol. The van der Waals surface area contributed by atoms with Gasteiger partial charge in [-0.05, 0) is 82.0 Å². The molecule has 35 heavy (non-hydrogen) atoms. The topological polar surface area (TPSA) is 93.5 Å². The fourth-order valence-corrected chi connectivity index (χ4v) is 6.50. The van der Waals surface area contributed by atoms with Crippen molar-refractivity contribution >= 4 is 21.7 Å². The predicted octanol–water partition coefficient (Wildman–Crippen LogP) is 4.62. The van der Waals surface area contributed by atoms with Crippen LogP contribution in [0.15, 0.2) is 47.4 Å². The molecule has 0 radical (unpaired) electrons. The zero-order chi connectivity index (χ0) is 25.3. The lowest BCUT2D eigenvalue weighted by Crippen LogP contribution is -2.42. The van der Waals surface area contributed by atoms with Gasteiger partial charge in [0.15, 0.2) is 0 Å². The Kier molecular flexibility index (Phi) is 7.00. The van der Waals surface area contributed by atoms with Crippen LogP contribution >= 0.6 is 0 Å². The molecule has 1 aromatic heterocycles. The van der Waals surface area contributed by atoms with E-state index in [1.54, 1.807) is 16.8 Å². The number of amides is 1. The molecule has 0 aliphatic carbocycles. The molecule has 9 heteroatoms. The maximum absolute atomic E-state index is 13.5. The van der Waals surface area contributed by atoms with Gasteiger partial charge in [-0.25, -0.2) is 13.1 Å². The highest BCUT2D eigenvalue weighted by Crippen LogP contribution is 2.32. The SMILES string of the molecule is COc1ccc(C(=O)Nc2cc(C)nn2-c2cc(C)cc(C)c2)cc1S(=O)(=O)N1CCCCC1C. The second-order valence-corrected chi connectivity index (χ2v) is 11.1. The largest absolute Gasteiger partial charge is 0.495 e. The molecule has 1 fully saturated rings. The van der Waals surface area contributed by atoms with E-state index in [0.717, 1.165) is 41.8 Å². The normalized spacial score (nSPS) is 16.8. The van der Waals surface area contributed by atoms with Crippen LogP contribution in [-0.2, 0) is 10.0 Å². The molecular formula is C26H32N4O4S. The summed E-state index contributed by atoms with van der Waals surface area (Å²) in [5.41, 5.74) is 3.98. The molecule has 1 amide bonds. The third kappa shape index (κ3) is 5.11. The Morgan fingerprint density at radius 3 is 2.43 bits per heavy atom. The van der Waals surface area contributed by atoms with Crippen LogP contribution in [0.5, 0.6) is 5.75 Å². The van der Waals surface area contributed by atoms with E-state index >= 15 is 0 Å².